The van der Waals surface area contributed by atoms with Crippen LogP contribution in [-0.2, 0) is 4.74 Å². The summed E-state index contributed by atoms with van der Waals surface area (Å²) in [7, 11) is 0. The van der Waals surface area contributed by atoms with Crippen molar-refractivity contribution in [3.05, 3.63) is 0 Å². The van der Waals surface area contributed by atoms with Gasteiger partial charge in [0.25, 0.3) is 0 Å². The molecule has 3 heteroatoms. The molecule has 2 fully saturated rings. The highest BCUT2D eigenvalue weighted by Gasteiger charge is 2.35. The topological polar surface area (TPSA) is 32.7 Å². The SMILES string of the molecule is CC1CCN(CC2(CO)CCCOC2)CC1C. The minimum absolute atomic E-state index is 0.0124. The Labute approximate surface area is 105 Å². The van der Waals surface area contributed by atoms with Gasteiger partial charge in [-0.25, -0.2) is 0 Å². The van der Waals surface area contributed by atoms with E-state index in [-0.39, 0.29) is 12.0 Å². The van der Waals surface area contributed by atoms with E-state index in [1.54, 1.807) is 0 Å². The summed E-state index contributed by atoms with van der Waals surface area (Å²) in [6, 6.07) is 0. The molecule has 3 unspecified atom stereocenters. The van der Waals surface area contributed by atoms with Crippen LogP contribution in [0.3, 0.4) is 0 Å². The Bertz CT molecular complexity index is 238. The summed E-state index contributed by atoms with van der Waals surface area (Å²) >= 11 is 0. The molecular formula is C14H27NO2. The normalized spacial score (nSPS) is 40.4. The lowest BCUT2D eigenvalue weighted by atomic mass is 9.81. The molecule has 3 atom stereocenters. The Hall–Kier alpha value is -0.120. The first kappa shape index (κ1) is 13.3. The second kappa shape index (κ2) is 5.68. The Kier molecular flexibility index (Phi) is 4.45. The summed E-state index contributed by atoms with van der Waals surface area (Å²) in [6.45, 7) is 9.97. The fraction of sp³-hybridized carbons (Fsp3) is 1.00. The molecule has 0 bridgehead atoms. The number of aliphatic hydroxyl groups is 1. The van der Waals surface area contributed by atoms with Crippen LogP contribution in [0.1, 0.15) is 33.1 Å². The van der Waals surface area contributed by atoms with Gasteiger partial charge in [0.15, 0.2) is 0 Å². The van der Waals surface area contributed by atoms with Gasteiger partial charge >= 0.3 is 0 Å². The number of rotatable bonds is 3. The number of aliphatic hydroxyl groups excluding tert-OH is 1. The van der Waals surface area contributed by atoms with Crippen LogP contribution in [0.5, 0.6) is 0 Å². The van der Waals surface area contributed by atoms with Crippen LogP contribution in [0.2, 0.25) is 0 Å². The molecule has 2 saturated heterocycles. The van der Waals surface area contributed by atoms with E-state index >= 15 is 0 Å². The van der Waals surface area contributed by atoms with Crippen molar-refractivity contribution in [3.63, 3.8) is 0 Å². The van der Waals surface area contributed by atoms with Crippen molar-refractivity contribution in [2.24, 2.45) is 17.3 Å². The van der Waals surface area contributed by atoms with Crippen LogP contribution in [0, 0.1) is 17.3 Å². The van der Waals surface area contributed by atoms with Crippen molar-refractivity contribution >= 4 is 0 Å². The largest absolute Gasteiger partial charge is 0.396 e. The molecule has 17 heavy (non-hydrogen) atoms. The number of hydrogen-bond donors (Lipinski definition) is 1. The third-order valence-corrected chi connectivity index (χ3v) is 4.72. The van der Waals surface area contributed by atoms with Gasteiger partial charge in [-0.2, -0.15) is 0 Å². The van der Waals surface area contributed by atoms with Crippen LogP contribution >= 0.6 is 0 Å². The predicted octanol–water partition coefficient (Wildman–Crippen LogP) is 1.75. The maximum atomic E-state index is 9.68. The lowest BCUT2D eigenvalue weighted by Gasteiger charge is -2.43. The highest BCUT2D eigenvalue weighted by molar-refractivity contribution is 4.87. The molecule has 0 aliphatic carbocycles. The van der Waals surface area contributed by atoms with Gasteiger partial charge in [-0.3, -0.25) is 0 Å². The van der Waals surface area contributed by atoms with Crippen LogP contribution in [0.4, 0.5) is 0 Å². The number of ether oxygens (including phenoxy) is 1. The molecule has 1 N–H and O–H groups in total. The van der Waals surface area contributed by atoms with Crippen molar-refractivity contribution < 1.29 is 9.84 Å². The fourth-order valence-corrected chi connectivity index (χ4v) is 3.18. The molecule has 2 aliphatic rings. The van der Waals surface area contributed by atoms with Crippen LogP contribution in [-0.4, -0.2) is 49.5 Å². The Morgan fingerprint density at radius 3 is 2.76 bits per heavy atom. The quantitative estimate of drug-likeness (QED) is 0.817. The molecule has 0 amide bonds. The van der Waals surface area contributed by atoms with Crippen LogP contribution in [0.25, 0.3) is 0 Å². The van der Waals surface area contributed by atoms with Gasteiger partial charge < -0.3 is 14.7 Å². The highest BCUT2D eigenvalue weighted by Crippen LogP contribution is 2.31. The van der Waals surface area contributed by atoms with E-state index in [0.29, 0.717) is 0 Å². The van der Waals surface area contributed by atoms with E-state index in [9.17, 15) is 5.11 Å². The van der Waals surface area contributed by atoms with E-state index in [2.05, 4.69) is 18.7 Å². The smallest absolute Gasteiger partial charge is 0.0556 e. The van der Waals surface area contributed by atoms with Crippen molar-refractivity contribution in [3.8, 4) is 0 Å². The molecule has 0 aromatic heterocycles. The van der Waals surface area contributed by atoms with Gasteiger partial charge in [0.2, 0.25) is 0 Å². The first-order chi connectivity index (χ1) is 8.15. The molecular weight excluding hydrogens is 214 g/mol. The summed E-state index contributed by atoms with van der Waals surface area (Å²) in [5, 5.41) is 9.68. The molecule has 2 aliphatic heterocycles. The van der Waals surface area contributed by atoms with Crippen molar-refractivity contribution in [1.82, 2.24) is 4.90 Å². The van der Waals surface area contributed by atoms with Gasteiger partial charge in [-0.05, 0) is 37.6 Å². The minimum atomic E-state index is 0.0124. The molecule has 0 aromatic rings. The lowest BCUT2D eigenvalue weighted by molar-refractivity contribution is -0.0617. The van der Waals surface area contributed by atoms with E-state index in [4.69, 9.17) is 4.74 Å². The number of hydrogen-bond acceptors (Lipinski definition) is 3. The van der Waals surface area contributed by atoms with Gasteiger partial charge in [0.1, 0.15) is 0 Å². The van der Waals surface area contributed by atoms with Gasteiger partial charge in [0, 0.05) is 25.1 Å². The number of likely N-dealkylation sites (tertiary alicyclic amines) is 1. The minimum Gasteiger partial charge on any atom is -0.396 e. The predicted molar refractivity (Wildman–Crippen MR) is 69.0 cm³/mol. The number of piperidine rings is 1. The first-order valence-electron chi connectivity index (χ1n) is 7.06. The standard InChI is InChI=1S/C14H27NO2/c1-12-4-6-15(8-13(12)2)9-14(10-16)5-3-7-17-11-14/h12-13,16H,3-11H2,1-2H3. The maximum Gasteiger partial charge on any atom is 0.0556 e. The van der Waals surface area contributed by atoms with Gasteiger partial charge in [-0.15, -0.1) is 0 Å². The monoisotopic (exact) mass is 241 g/mol. The second-order valence-electron chi connectivity index (χ2n) is 6.29. The average Bonchev–Trinajstić information content (AvgIpc) is 2.35. The zero-order valence-corrected chi connectivity index (χ0v) is 11.3. The second-order valence-corrected chi connectivity index (χ2v) is 6.29. The molecule has 2 heterocycles. The third kappa shape index (κ3) is 3.21. The Morgan fingerprint density at radius 1 is 1.35 bits per heavy atom. The summed E-state index contributed by atoms with van der Waals surface area (Å²) in [4.78, 5) is 2.54. The Morgan fingerprint density at radius 2 is 2.18 bits per heavy atom. The highest BCUT2D eigenvalue weighted by atomic mass is 16.5. The zero-order chi connectivity index (χ0) is 12.3. The van der Waals surface area contributed by atoms with Crippen molar-refractivity contribution in [2.45, 2.75) is 33.1 Å². The maximum absolute atomic E-state index is 9.68. The Balaban J connectivity index is 1.90. The number of nitrogens with zero attached hydrogens (tertiary/aromatic N) is 1. The van der Waals surface area contributed by atoms with Crippen LogP contribution < -0.4 is 0 Å². The molecule has 0 saturated carbocycles. The summed E-state index contributed by atoms with van der Waals surface area (Å²) in [5.74, 6) is 1.63. The lowest BCUT2D eigenvalue weighted by Crippen LogP contribution is -2.49. The van der Waals surface area contributed by atoms with E-state index in [1.165, 1.54) is 19.5 Å². The van der Waals surface area contributed by atoms with Crippen molar-refractivity contribution in [1.29, 1.82) is 0 Å². The third-order valence-electron chi connectivity index (χ3n) is 4.72. The molecule has 3 nitrogen and oxygen atoms in total. The van der Waals surface area contributed by atoms with Crippen LogP contribution in [0.15, 0.2) is 0 Å². The van der Waals surface area contributed by atoms with Crippen molar-refractivity contribution in [2.75, 3.05) is 39.5 Å². The zero-order valence-electron chi connectivity index (χ0n) is 11.3. The van der Waals surface area contributed by atoms with Gasteiger partial charge in [-0.1, -0.05) is 13.8 Å². The molecule has 0 aromatic carbocycles. The molecule has 0 radical (unpaired) electrons. The van der Waals surface area contributed by atoms with E-state index < -0.39 is 0 Å². The fourth-order valence-electron chi connectivity index (χ4n) is 3.18. The summed E-state index contributed by atoms with van der Waals surface area (Å²) < 4.78 is 5.58. The average molecular weight is 241 g/mol. The van der Waals surface area contributed by atoms with Gasteiger partial charge in [0.05, 0.1) is 13.2 Å². The summed E-state index contributed by atoms with van der Waals surface area (Å²) in [5.41, 5.74) is 0.0124. The molecule has 2 rings (SSSR count). The first-order valence-corrected chi connectivity index (χ1v) is 7.06. The van der Waals surface area contributed by atoms with E-state index in [0.717, 1.165) is 44.4 Å². The molecule has 0 spiro atoms. The summed E-state index contributed by atoms with van der Waals surface area (Å²) in [6.07, 6.45) is 3.51. The van der Waals surface area contributed by atoms with E-state index in [1.807, 2.05) is 0 Å². The molecule has 100 valence electrons.